The van der Waals surface area contributed by atoms with Gasteiger partial charge in [0.2, 0.25) is 0 Å². The van der Waals surface area contributed by atoms with Crippen LogP contribution in [0, 0.1) is 5.92 Å². The lowest BCUT2D eigenvalue weighted by Crippen LogP contribution is -2.47. The highest BCUT2D eigenvalue weighted by Gasteiger charge is 2.23. The zero-order valence-corrected chi connectivity index (χ0v) is 15.5. The van der Waals surface area contributed by atoms with E-state index < -0.39 is 0 Å². The molecule has 0 radical (unpaired) electrons. The van der Waals surface area contributed by atoms with Gasteiger partial charge in [0, 0.05) is 19.6 Å². The highest BCUT2D eigenvalue weighted by Crippen LogP contribution is 2.22. The van der Waals surface area contributed by atoms with Gasteiger partial charge in [0.05, 0.1) is 12.2 Å². The molecule has 0 aromatic heterocycles. The Bertz CT molecular complexity index is 631. The van der Waals surface area contributed by atoms with Crippen LogP contribution in [0.3, 0.4) is 0 Å². The highest BCUT2D eigenvalue weighted by molar-refractivity contribution is 5.33. The number of morpholine rings is 1. The fourth-order valence-electron chi connectivity index (χ4n) is 3.66. The van der Waals surface area contributed by atoms with E-state index >= 15 is 0 Å². The van der Waals surface area contributed by atoms with Crippen LogP contribution in [0.25, 0.3) is 0 Å². The van der Waals surface area contributed by atoms with Crippen LogP contribution in [-0.4, -0.2) is 36.7 Å². The molecule has 0 aliphatic carbocycles. The third kappa shape index (κ3) is 5.58. The van der Waals surface area contributed by atoms with E-state index in [1.165, 1.54) is 5.56 Å². The van der Waals surface area contributed by atoms with Crippen molar-refractivity contribution in [3.8, 4) is 11.5 Å². The Hall–Kier alpha value is -1.84. The molecule has 134 valence electrons. The minimum absolute atomic E-state index is 0.338. The summed E-state index contributed by atoms with van der Waals surface area (Å²) < 4.78 is 11.7. The summed E-state index contributed by atoms with van der Waals surface area (Å²) in [5.74, 6) is 2.39. The van der Waals surface area contributed by atoms with Gasteiger partial charge >= 0.3 is 0 Å². The molecule has 1 aliphatic heterocycles. The van der Waals surface area contributed by atoms with Gasteiger partial charge in [0.1, 0.15) is 11.5 Å². The van der Waals surface area contributed by atoms with Gasteiger partial charge < -0.3 is 9.47 Å². The third-order valence-corrected chi connectivity index (χ3v) is 4.55. The number of hydrogen-bond donors (Lipinski definition) is 0. The SMILES string of the molecule is CC(Cc1ccc(Oc2ccccc2)cc1)CN1CC(C)OC(C)C1. The molecule has 3 heteroatoms. The van der Waals surface area contributed by atoms with Gasteiger partial charge in [-0.25, -0.2) is 0 Å². The van der Waals surface area contributed by atoms with Crippen molar-refractivity contribution < 1.29 is 9.47 Å². The van der Waals surface area contributed by atoms with E-state index in [4.69, 9.17) is 9.47 Å². The molecule has 3 nitrogen and oxygen atoms in total. The zero-order chi connectivity index (χ0) is 17.6. The lowest BCUT2D eigenvalue weighted by Gasteiger charge is -2.36. The number of benzene rings is 2. The van der Waals surface area contributed by atoms with Gasteiger partial charge in [-0.15, -0.1) is 0 Å². The molecule has 0 saturated carbocycles. The fraction of sp³-hybridized carbons (Fsp3) is 0.455. The van der Waals surface area contributed by atoms with Crippen LogP contribution < -0.4 is 4.74 Å². The van der Waals surface area contributed by atoms with Gasteiger partial charge in [0.25, 0.3) is 0 Å². The first-order valence-corrected chi connectivity index (χ1v) is 9.28. The lowest BCUT2D eigenvalue weighted by molar-refractivity contribution is -0.0708. The number of nitrogens with zero attached hydrogens (tertiary/aromatic N) is 1. The molecule has 0 N–H and O–H groups in total. The van der Waals surface area contributed by atoms with E-state index in [1.807, 2.05) is 30.3 Å². The van der Waals surface area contributed by atoms with Crippen molar-refractivity contribution in [3.63, 3.8) is 0 Å². The normalized spacial score (nSPS) is 22.5. The molecule has 2 aromatic rings. The first-order chi connectivity index (χ1) is 12.1. The standard InChI is InChI=1S/C22H29NO2/c1-17(14-23-15-18(2)24-19(3)16-23)13-20-9-11-22(12-10-20)25-21-7-5-4-6-8-21/h4-12,17-19H,13-16H2,1-3H3. The van der Waals surface area contributed by atoms with Gasteiger partial charge in [-0.1, -0.05) is 37.3 Å². The maximum Gasteiger partial charge on any atom is 0.127 e. The van der Waals surface area contributed by atoms with Gasteiger partial charge in [0.15, 0.2) is 0 Å². The molecule has 3 rings (SSSR count). The first kappa shape index (κ1) is 18.0. The Labute approximate surface area is 151 Å². The van der Waals surface area contributed by atoms with Crippen molar-refractivity contribution in [1.82, 2.24) is 4.90 Å². The second-order valence-electron chi connectivity index (χ2n) is 7.34. The van der Waals surface area contributed by atoms with E-state index in [0.29, 0.717) is 18.1 Å². The predicted molar refractivity (Wildman–Crippen MR) is 102 cm³/mol. The zero-order valence-electron chi connectivity index (χ0n) is 15.5. The predicted octanol–water partition coefficient (Wildman–Crippen LogP) is 4.77. The van der Waals surface area contributed by atoms with Crippen LogP contribution in [-0.2, 0) is 11.2 Å². The smallest absolute Gasteiger partial charge is 0.127 e. The molecule has 2 aromatic carbocycles. The lowest BCUT2D eigenvalue weighted by atomic mass is 10.00. The third-order valence-electron chi connectivity index (χ3n) is 4.55. The molecule has 1 saturated heterocycles. The maximum atomic E-state index is 5.86. The average molecular weight is 339 g/mol. The van der Waals surface area contributed by atoms with Gasteiger partial charge in [-0.05, 0) is 56.0 Å². The molecule has 1 heterocycles. The summed E-state index contributed by atoms with van der Waals surface area (Å²) in [4.78, 5) is 2.54. The van der Waals surface area contributed by atoms with E-state index in [0.717, 1.165) is 37.6 Å². The maximum absolute atomic E-state index is 5.86. The van der Waals surface area contributed by atoms with Crippen LogP contribution >= 0.6 is 0 Å². The second kappa shape index (κ2) is 8.50. The van der Waals surface area contributed by atoms with Crippen molar-refractivity contribution >= 4 is 0 Å². The van der Waals surface area contributed by atoms with Crippen molar-refractivity contribution in [2.75, 3.05) is 19.6 Å². The average Bonchev–Trinajstić information content (AvgIpc) is 2.56. The van der Waals surface area contributed by atoms with Crippen LogP contribution in [0.1, 0.15) is 26.3 Å². The van der Waals surface area contributed by atoms with Crippen molar-refractivity contribution in [3.05, 3.63) is 60.2 Å². The molecule has 0 amide bonds. The number of hydrogen-bond acceptors (Lipinski definition) is 3. The Balaban J connectivity index is 1.50. The quantitative estimate of drug-likeness (QED) is 0.757. The van der Waals surface area contributed by atoms with Crippen LogP contribution in [0.4, 0.5) is 0 Å². The van der Waals surface area contributed by atoms with E-state index in [2.05, 4.69) is 49.9 Å². The van der Waals surface area contributed by atoms with Gasteiger partial charge in [-0.2, -0.15) is 0 Å². The molecule has 1 aliphatic rings. The van der Waals surface area contributed by atoms with E-state index in [9.17, 15) is 0 Å². The molecule has 0 bridgehead atoms. The molecular formula is C22H29NO2. The van der Waals surface area contributed by atoms with Crippen LogP contribution in [0.2, 0.25) is 0 Å². The summed E-state index contributed by atoms with van der Waals surface area (Å²) >= 11 is 0. The van der Waals surface area contributed by atoms with E-state index in [-0.39, 0.29) is 0 Å². The number of ether oxygens (including phenoxy) is 2. The number of para-hydroxylation sites is 1. The minimum atomic E-state index is 0.338. The summed E-state index contributed by atoms with van der Waals surface area (Å²) in [6.07, 6.45) is 1.77. The summed E-state index contributed by atoms with van der Waals surface area (Å²) in [5, 5.41) is 0. The van der Waals surface area contributed by atoms with E-state index in [1.54, 1.807) is 0 Å². The number of rotatable bonds is 6. The molecular weight excluding hydrogens is 310 g/mol. The van der Waals surface area contributed by atoms with Gasteiger partial charge in [-0.3, -0.25) is 4.90 Å². The summed E-state index contributed by atoms with van der Waals surface area (Å²) in [5.41, 5.74) is 1.36. The fourth-order valence-corrected chi connectivity index (χ4v) is 3.66. The van der Waals surface area contributed by atoms with Crippen LogP contribution in [0.15, 0.2) is 54.6 Å². The van der Waals surface area contributed by atoms with Crippen LogP contribution in [0.5, 0.6) is 11.5 Å². The Kier molecular flexibility index (Phi) is 6.11. The molecule has 0 spiro atoms. The molecule has 25 heavy (non-hydrogen) atoms. The second-order valence-corrected chi connectivity index (χ2v) is 7.34. The minimum Gasteiger partial charge on any atom is -0.457 e. The monoisotopic (exact) mass is 339 g/mol. The first-order valence-electron chi connectivity index (χ1n) is 9.28. The highest BCUT2D eigenvalue weighted by atomic mass is 16.5. The molecule has 3 atom stereocenters. The topological polar surface area (TPSA) is 21.7 Å². The molecule has 3 unspecified atom stereocenters. The van der Waals surface area contributed by atoms with Crippen molar-refractivity contribution in [2.24, 2.45) is 5.92 Å². The Morgan fingerprint density at radius 3 is 2.20 bits per heavy atom. The van der Waals surface area contributed by atoms with Crippen molar-refractivity contribution in [1.29, 1.82) is 0 Å². The summed E-state index contributed by atoms with van der Waals surface area (Å²) in [6.45, 7) is 9.87. The largest absolute Gasteiger partial charge is 0.457 e. The Morgan fingerprint density at radius 1 is 0.960 bits per heavy atom. The summed E-state index contributed by atoms with van der Waals surface area (Å²) in [6, 6.07) is 18.4. The summed E-state index contributed by atoms with van der Waals surface area (Å²) in [7, 11) is 0. The molecule has 1 fully saturated rings. The Morgan fingerprint density at radius 2 is 1.56 bits per heavy atom. The van der Waals surface area contributed by atoms with Crippen molar-refractivity contribution in [2.45, 2.75) is 39.4 Å².